The monoisotopic (exact) mass is 356 g/mol. The Bertz CT molecular complexity index is 729. The second kappa shape index (κ2) is 10.1. The lowest BCUT2D eigenvalue weighted by atomic mass is 10.2. The van der Waals surface area contributed by atoms with E-state index in [2.05, 4.69) is 10.6 Å². The summed E-state index contributed by atoms with van der Waals surface area (Å²) in [4.78, 5) is 23.9. The average Bonchev–Trinajstić information content (AvgIpc) is 2.67. The smallest absolute Gasteiger partial charge is 0.338 e. The van der Waals surface area contributed by atoms with Gasteiger partial charge in [0.25, 0.3) is 0 Å². The van der Waals surface area contributed by atoms with E-state index in [9.17, 15) is 9.59 Å². The number of hydrogen-bond donors (Lipinski definition) is 2. The Labute approximate surface area is 153 Å². The summed E-state index contributed by atoms with van der Waals surface area (Å²) < 4.78 is 10.3. The van der Waals surface area contributed by atoms with Crippen LogP contribution in [-0.4, -0.2) is 32.1 Å². The molecule has 0 radical (unpaired) electrons. The third kappa shape index (κ3) is 6.12. The lowest BCUT2D eigenvalue weighted by molar-refractivity contribution is -0.114. The summed E-state index contributed by atoms with van der Waals surface area (Å²) in [5, 5.41) is 5.81. The van der Waals surface area contributed by atoms with Gasteiger partial charge in [0.1, 0.15) is 5.75 Å². The number of carbonyl (C=O) groups excluding carboxylic acids is 2. The second-order valence-corrected chi connectivity index (χ2v) is 5.70. The Morgan fingerprint density at radius 1 is 1.04 bits per heavy atom. The number of benzene rings is 2. The normalized spacial score (nSPS) is 10.1. The molecule has 6 nitrogen and oxygen atoms in total. The van der Waals surface area contributed by atoms with Gasteiger partial charge in [-0.25, -0.2) is 4.79 Å². The zero-order valence-electron chi connectivity index (χ0n) is 15.1. The predicted octanol–water partition coefficient (Wildman–Crippen LogP) is 3.70. The van der Waals surface area contributed by atoms with Crippen molar-refractivity contribution in [1.82, 2.24) is 0 Å². The maximum atomic E-state index is 12.0. The maximum Gasteiger partial charge on any atom is 0.338 e. The van der Waals surface area contributed by atoms with Crippen molar-refractivity contribution in [1.29, 1.82) is 0 Å². The van der Waals surface area contributed by atoms with Gasteiger partial charge in [0.15, 0.2) is 0 Å². The number of methoxy groups -OCH3 is 1. The van der Waals surface area contributed by atoms with E-state index < -0.39 is 0 Å². The highest BCUT2D eigenvalue weighted by Crippen LogP contribution is 2.16. The van der Waals surface area contributed by atoms with E-state index >= 15 is 0 Å². The Morgan fingerprint density at radius 3 is 2.50 bits per heavy atom. The first kappa shape index (κ1) is 19.3. The maximum absolute atomic E-state index is 12.0. The number of esters is 1. The van der Waals surface area contributed by atoms with Crippen LogP contribution < -0.4 is 15.4 Å². The summed E-state index contributed by atoms with van der Waals surface area (Å²) in [6, 6.07) is 14.0. The van der Waals surface area contributed by atoms with E-state index in [4.69, 9.17) is 9.47 Å². The Balaban J connectivity index is 1.81. The van der Waals surface area contributed by atoms with Gasteiger partial charge in [-0.3, -0.25) is 4.79 Å². The molecular weight excluding hydrogens is 332 g/mol. The number of carbonyl (C=O) groups is 2. The SMILES string of the molecule is CCCCOC(=O)c1ccc(NCC(=O)Nc2cccc(OC)c2)cc1. The van der Waals surface area contributed by atoms with Crippen LogP contribution in [0.25, 0.3) is 0 Å². The van der Waals surface area contributed by atoms with Crippen LogP contribution in [0, 0.1) is 0 Å². The van der Waals surface area contributed by atoms with Crippen molar-refractivity contribution in [2.45, 2.75) is 19.8 Å². The molecular formula is C20H24N2O4. The fourth-order valence-corrected chi connectivity index (χ4v) is 2.21. The number of rotatable bonds is 9. The molecule has 0 aliphatic carbocycles. The molecule has 0 saturated heterocycles. The van der Waals surface area contributed by atoms with Crippen LogP contribution in [0.1, 0.15) is 30.1 Å². The van der Waals surface area contributed by atoms with E-state index in [1.54, 1.807) is 49.6 Å². The van der Waals surface area contributed by atoms with E-state index in [0.717, 1.165) is 18.5 Å². The van der Waals surface area contributed by atoms with Crippen LogP contribution >= 0.6 is 0 Å². The van der Waals surface area contributed by atoms with Crippen molar-refractivity contribution < 1.29 is 19.1 Å². The van der Waals surface area contributed by atoms with E-state index in [-0.39, 0.29) is 18.4 Å². The Kier molecular flexibility index (Phi) is 7.49. The van der Waals surface area contributed by atoms with Crippen LogP contribution in [0.4, 0.5) is 11.4 Å². The van der Waals surface area contributed by atoms with Crippen LogP contribution in [0.2, 0.25) is 0 Å². The molecule has 0 bridgehead atoms. The standard InChI is InChI=1S/C20H24N2O4/c1-3-4-12-26-20(24)15-8-10-16(11-9-15)21-14-19(23)22-17-6-5-7-18(13-17)25-2/h5-11,13,21H,3-4,12,14H2,1-2H3,(H,22,23). The predicted molar refractivity (Wildman–Crippen MR) is 102 cm³/mol. The first-order chi connectivity index (χ1) is 12.6. The van der Waals surface area contributed by atoms with Gasteiger partial charge in [-0.1, -0.05) is 19.4 Å². The molecule has 0 aromatic heterocycles. The van der Waals surface area contributed by atoms with E-state index in [1.807, 2.05) is 13.0 Å². The van der Waals surface area contributed by atoms with Gasteiger partial charge in [-0.2, -0.15) is 0 Å². The zero-order valence-corrected chi connectivity index (χ0v) is 15.1. The van der Waals surface area contributed by atoms with Gasteiger partial charge in [0, 0.05) is 17.4 Å². The van der Waals surface area contributed by atoms with Crippen molar-refractivity contribution in [2.24, 2.45) is 0 Å². The van der Waals surface area contributed by atoms with Gasteiger partial charge in [0.05, 0.1) is 25.8 Å². The van der Waals surface area contributed by atoms with Crippen molar-refractivity contribution in [2.75, 3.05) is 30.9 Å². The molecule has 6 heteroatoms. The first-order valence-electron chi connectivity index (χ1n) is 8.57. The number of anilines is 2. The zero-order chi connectivity index (χ0) is 18.8. The highest BCUT2D eigenvalue weighted by Gasteiger charge is 2.07. The quantitative estimate of drug-likeness (QED) is 0.529. The lowest BCUT2D eigenvalue weighted by Crippen LogP contribution is -2.21. The van der Waals surface area contributed by atoms with Crippen LogP contribution in [0.15, 0.2) is 48.5 Å². The summed E-state index contributed by atoms with van der Waals surface area (Å²) in [6.07, 6.45) is 1.84. The van der Waals surface area contributed by atoms with E-state index in [0.29, 0.717) is 23.6 Å². The molecule has 2 rings (SSSR count). The number of hydrogen-bond acceptors (Lipinski definition) is 5. The molecule has 2 aromatic carbocycles. The summed E-state index contributed by atoms with van der Waals surface area (Å²) >= 11 is 0. The fourth-order valence-electron chi connectivity index (χ4n) is 2.21. The number of nitrogens with one attached hydrogen (secondary N) is 2. The molecule has 0 heterocycles. The second-order valence-electron chi connectivity index (χ2n) is 5.70. The van der Waals surface area contributed by atoms with Crippen LogP contribution in [-0.2, 0) is 9.53 Å². The molecule has 0 fully saturated rings. The molecule has 26 heavy (non-hydrogen) atoms. The van der Waals surface area contributed by atoms with Gasteiger partial charge < -0.3 is 20.1 Å². The van der Waals surface area contributed by atoms with Crippen molar-refractivity contribution in [3.63, 3.8) is 0 Å². The Morgan fingerprint density at radius 2 is 1.81 bits per heavy atom. The minimum absolute atomic E-state index is 0.109. The molecule has 0 unspecified atom stereocenters. The highest BCUT2D eigenvalue weighted by atomic mass is 16.5. The van der Waals surface area contributed by atoms with Crippen molar-refractivity contribution in [3.8, 4) is 5.75 Å². The van der Waals surface area contributed by atoms with Crippen LogP contribution in [0.5, 0.6) is 5.75 Å². The minimum atomic E-state index is -0.333. The highest BCUT2D eigenvalue weighted by molar-refractivity contribution is 5.94. The van der Waals surface area contributed by atoms with Crippen molar-refractivity contribution in [3.05, 3.63) is 54.1 Å². The molecule has 0 aliphatic rings. The molecule has 0 aliphatic heterocycles. The van der Waals surface area contributed by atoms with Gasteiger partial charge in [-0.05, 0) is 42.8 Å². The molecule has 2 aromatic rings. The van der Waals surface area contributed by atoms with Gasteiger partial charge >= 0.3 is 5.97 Å². The molecule has 138 valence electrons. The summed E-state index contributed by atoms with van der Waals surface area (Å²) in [5.41, 5.74) is 1.91. The third-order valence-electron chi connectivity index (χ3n) is 3.66. The minimum Gasteiger partial charge on any atom is -0.497 e. The molecule has 0 atom stereocenters. The molecule has 0 spiro atoms. The number of ether oxygens (including phenoxy) is 2. The van der Waals surface area contributed by atoms with Crippen molar-refractivity contribution >= 4 is 23.3 Å². The van der Waals surface area contributed by atoms with Crippen LogP contribution in [0.3, 0.4) is 0 Å². The largest absolute Gasteiger partial charge is 0.497 e. The van der Waals surface area contributed by atoms with E-state index in [1.165, 1.54) is 0 Å². The lowest BCUT2D eigenvalue weighted by Gasteiger charge is -2.09. The van der Waals surface area contributed by atoms with Gasteiger partial charge in [-0.15, -0.1) is 0 Å². The molecule has 2 N–H and O–H groups in total. The topological polar surface area (TPSA) is 76.7 Å². The summed E-state index contributed by atoms with van der Waals surface area (Å²) in [6.45, 7) is 2.58. The fraction of sp³-hybridized carbons (Fsp3) is 0.300. The summed E-state index contributed by atoms with van der Waals surface area (Å²) in [5.74, 6) is 0.166. The number of amides is 1. The van der Waals surface area contributed by atoms with Gasteiger partial charge in [0.2, 0.25) is 5.91 Å². The first-order valence-corrected chi connectivity index (χ1v) is 8.57. The average molecular weight is 356 g/mol. The summed E-state index contributed by atoms with van der Waals surface area (Å²) in [7, 11) is 1.58. The third-order valence-corrected chi connectivity index (χ3v) is 3.66. The Hall–Kier alpha value is -3.02. The molecule has 0 saturated carbocycles. The number of unbranched alkanes of at least 4 members (excludes halogenated alkanes) is 1. The molecule has 1 amide bonds.